The summed E-state index contributed by atoms with van der Waals surface area (Å²) in [6.45, 7) is 2.47. The number of aliphatic carboxylic acids is 2. The van der Waals surface area contributed by atoms with Gasteiger partial charge in [-0.25, -0.2) is 4.79 Å². The molecule has 0 aromatic carbocycles. The number of unbranched alkanes of at least 4 members (excludes halogenated alkanes) is 1. The Morgan fingerprint density at radius 1 is 0.707 bits per heavy atom. The normalized spacial score (nSPS) is 16.1. The van der Waals surface area contributed by atoms with Crippen LogP contribution >= 0.6 is 0 Å². The van der Waals surface area contributed by atoms with Crippen LogP contribution in [0.1, 0.15) is 78.1 Å². The highest BCUT2D eigenvalue weighted by Crippen LogP contribution is 2.20. The van der Waals surface area contributed by atoms with Gasteiger partial charge in [0.05, 0.1) is 32.0 Å². The van der Waals surface area contributed by atoms with Crippen LogP contribution in [-0.4, -0.2) is 143 Å². The molecule has 1 aliphatic rings. The van der Waals surface area contributed by atoms with Gasteiger partial charge in [0, 0.05) is 13.0 Å². The molecule has 1 saturated heterocycles. The summed E-state index contributed by atoms with van der Waals surface area (Å²) in [6, 6.07) is -7.98. The summed E-state index contributed by atoms with van der Waals surface area (Å²) in [5, 5.41) is 32.0. The molecular formula is C34H57N11O13. The summed E-state index contributed by atoms with van der Waals surface area (Å²) in [7, 11) is 0. The lowest BCUT2D eigenvalue weighted by Crippen LogP contribution is -2.58. The van der Waals surface area contributed by atoms with Gasteiger partial charge in [-0.15, -0.1) is 0 Å². The van der Waals surface area contributed by atoms with E-state index in [1.807, 2.05) is 24.5 Å². The maximum atomic E-state index is 13.9. The van der Waals surface area contributed by atoms with Crippen LogP contribution in [0.4, 0.5) is 0 Å². The first-order chi connectivity index (χ1) is 27.2. The topological polar surface area (TPSA) is 408 Å². The number of primary amides is 2. The van der Waals surface area contributed by atoms with Gasteiger partial charge in [-0.05, 0) is 57.4 Å². The van der Waals surface area contributed by atoms with Crippen LogP contribution in [-0.2, 0) is 52.7 Å². The van der Waals surface area contributed by atoms with E-state index in [0.717, 1.165) is 4.90 Å². The maximum Gasteiger partial charge on any atom is 0.326 e. The molecule has 0 radical (unpaired) electrons. The molecule has 0 aliphatic carbocycles. The lowest BCUT2D eigenvalue weighted by molar-refractivity contribution is -0.143. The highest BCUT2D eigenvalue weighted by atomic mass is 16.4. The van der Waals surface area contributed by atoms with Gasteiger partial charge in [0.1, 0.15) is 30.2 Å². The molecule has 6 unspecified atom stereocenters. The monoisotopic (exact) mass is 827 g/mol. The maximum absolute atomic E-state index is 13.9. The zero-order valence-electron chi connectivity index (χ0n) is 32.6. The van der Waals surface area contributed by atoms with Crippen LogP contribution < -0.4 is 54.8 Å². The lowest BCUT2D eigenvalue weighted by atomic mass is 10.0. The van der Waals surface area contributed by atoms with Gasteiger partial charge in [0.15, 0.2) is 0 Å². The average Bonchev–Trinajstić information content (AvgIpc) is 3.62. The summed E-state index contributed by atoms with van der Waals surface area (Å²) in [5.74, 6) is -11.0. The Morgan fingerprint density at radius 3 is 1.86 bits per heavy atom. The predicted molar refractivity (Wildman–Crippen MR) is 201 cm³/mol. The van der Waals surface area contributed by atoms with Gasteiger partial charge in [0.25, 0.3) is 0 Å². The molecule has 1 aliphatic heterocycles. The summed E-state index contributed by atoms with van der Waals surface area (Å²) in [4.78, 5) is 138. The highest BCUT2D eigenvalue weighted by Gasteiger charge is 2.39. The van der Waals surface area contributed by atoms with Crippen molar-refractivity contribution in [2.75, 3.05) is 26.2 Å². The van der Waals surface area contributed by atoms with Crippen molar-refractivity contribution in [2.24, 2.45) is 28.9 Å². The number of carbonyl (C=O) groups is 11. The first-order valence-electron chi connectivity index (χ1n) is 18.7. The molecule has 6 atom stereocenters. The van der Waals surface area contributed by atoms with E-state index in [-0.39, 0.29) is 38.1 Å². The van der Waals surface area contributed by atoms with E-state index in [1.165, 1.54) is 0 Å². The Bertz CT molecular complexity index is 1530. The molecule has 326 valence electrons. The van der Waals surface area contributed by atoms with Crippen molar-refractivity contribution in [2.45, 2.75) is 114 Å². The molecule has 0 saturated carbocycles. The van der Waals surface area contributed by atoms with E-state index >= 15 is 0 Å². The summed E-state index contributed by atoms with van der Waals surface area (Å²) in [6.07, 6.45) is -0.310. The number of carbonyl (C=O) groups excluding carboxylic acids is 9. The van der Waals surface area contributed by atoms with E-state index < -0.39 is 127 Å². The first-order valence-corrected chi connectivity index (χ1v) is 18.7. The van der Waals surface area contributed by atoms with Gasteiger partial charge in [-0.1, -0.05) is 13.8 Å². The highest BCUT2D eigenvalue weighted by molar-refractivity contribution is 5.97. The summed E-state index contributed by atoms with van der Waals surface area (Å²) in [5.41, 5.74) is 21.9. The van der Waals surface area contributed by atoms with Crippen LogP contribution in [0.5, 0.6) is 0 Å². The molecule has 9 amide bonds. The van der Waals surface area contributed by atoms with Gasteiger partial charge in [0.2, 0.25) is 53.2 Å². The molecule has 16 N–H and O–H groups in total. The molecular weight excluding hydrogens is 770 g/mol. The number of hydrogen-bond acceptors (Lipinski definition) is 13. The lowest BCUT2D eigenvalue weighted by Gasteiger charge is -2.30. The first kappa shape index (κ1) is 50.1. The average molecular weight is 828 g/mol. The number of carboxylic acid groups (broad SMARTS) is 2. The van der Waals surface area contributed by atoms with Crippen molar-refractivity contribution in [3.05, 3.63) is 0 Å². The fraction of sp³-hybridized carbons (Fsp3) is 0.676. The standard InChI is InChI=1S/C34H57N11O13/c1-17(2)12-18(36)29(52)43-19(6-3-4-10-35)31(54)44-20(8-9-24(37)46)33(56)45-11-5-7-23(45)32(55)40-16-26(48)41-21(14-28(50)51)30(53)39-15-27(49)42-22(34(57)58)13-25(38)47/h17-23H,3-16,35-36H2,1-2H3,(H2,37,46)(H2,38,47)(H,39,53)(H,40,55)(H,41,48)(H,42,49)(H,43,52)(H,44,54)(H,50,51)(H,57,58). The van der Waals surface area contributed by atoms with Crippen LogP contribution in [0.3, 0.4) is 0 Å². The van der Waals surface area contributed by atoms with Gasteiger partial charge < -0.3 is 69.9 Å². The Hall–Kier alpha value is -5.91. The van der Waals surface area contributed by atoms with Crippen molar-refractivity contribution in [1.29, 1.82) is 0 Å². The number of carboxylic acids is 2. The van der Waals surface area contributed by atoms with E-state index in [4.69, 9.17) is 28.0 Å². The van der Waals surface area contributed by atoms with Gasteiger partial charge in [-0.3, -0.25) is 47.9 Å². The van der Waals surface area contributed by atoms with Crippen LogP contribution in [0, 0.1) is 5.92 Å². The fourth-order valence-corrected chi connectivity index (χ4v) is 5.83. The third kappa shape index (κ3) is 18.8. The number of rotatable bonds is 27. The zero-order chi connectivity index (χ0) is 44.1. The van der Waals surface area contributed by atoms with Crippen molar-refractivity contribution in [3.8, 4) is 0 Å². The minimum Gasteiger partial charge on any atom is -0.481 e. The number of nitrogens with one attached hydrogen (secondary N) is 6. The van der Waals surface area contributed by atoms with E-state index in [0.29, 0.717) is 32.2 Å². The Labute approximate surface area is 334 Å². The predicted octanol–water partition coefficient (Wildman–Crippen LogP) is -5.65. The Balaban J connectivity index is 3.01. The zero-order valence-corrected chi connectivity index (χ0v) is 32.6. The Kier molecular flexibility index (Phi) is 21.9. The minimum absolute atomic E-state index is 0.0525. The number of amides is 9. The third-order valence-corrected chi connectivity index (χ3v) is 8.69. The number of hydrogen-bond donors (Lipinski definition) is 12. The van der Waals surface area contributed by atoms with E-state index in [9.17, 15) is 57.8 Å². The van der Waals surface area contributed by atoms with Crippen LogP contribution in [0.2, 0.25) is 0 Å². The summed E-state index contributed by atoms with van der Waals surface area (Å²) < 4.78 is 0. The molecule has 1 heterocycles. The Morgan fingerprint density at radius 2 is 1.31 bits per heavy atom. The molecule has 0 aromatic heterocycles. The summed E-state index contributed by atoms with van der Waals surface area (Å²) >= 11 is 0. The second-order valence-electron chi connectivity index (χ2n) is 14.1. The van der Waals surface area contributed by atoms with Crippen molar-refractivity contribution in [1.82, 2.24) is 36.8 Å². The molecule has 0 spiro atoms. The van der Waals surface area contributed by atoms with Crippen molar-refractivity contribution in [3.63, 3.8) is 0 Å². The smallest absolute Gasteiger partial charge is 0.326 e. The molecule has 24 heteroatoms. The second kappa shape index (κ2) is 25.4. The van der Waals surface area contributed by atoms with Gasteiger partial charge in [-0.2, -0.15) is 0 Å². The number of likely N-dealkylation sites (tertiary alicyclic amines) is 1. The van der Waals surface area contributed by atoms with E-state index in [1.54, 1.807) is 0 Å². The molecule has 24 nitrogen and oxygen atoms in total. The molecule has 0 aromatic rings. The van der Waals surface area contributed by atoms with Crippen LogP contribution in [0.15, 0.2) is 0 Å². The SMILES string of the molecule is CC(C)CC(N)C(=O)NC(CCCCN)C(=O)NC(CCC(N)=O)C(=O)N1CCCC1C(=O)NCC(=O)NC(CC(=O)O)C(=O)NCC(=O)NC(CC(N)=O)C(=O)O. The minimum atomic E-state index is -1.76. The number of nitrogens with zero attached hydrogens (tertiary/aromatic N) is 1. The van der Waals surface area contributed by atoms with Crippen LogP contribution in [0.25, 0.3) is 0 Å². The molecule has 1 fully saturated rings. The second-order valence-corrected chi connectivity index (χ2v) is 14.1. The molecule has 0 bridgehead atoms. The third-order valence-electron chi connectivity index (χ3n) is 8.69. The van der Waals surface area contributed by atoms with Crippen molar-refractivity contribution >= 4 is 65.1 Å². The van der Waals surface area contributed by atoms with Gasteiger partial charge >= 0.3 is 11.9 Å². The number of nitrogens with two attached hydrogens (primary N) is 4. The molecule has 1 rings (SSSR count). The quantitative estimate of drug-likeness (QED) is 0.0344. The van der Waals surface area contributed by atoms with E-state index in [2.05, 4.69) is 21.3 Å². The fourth-order valence-electron chi connectivity index (χ4n) is 5.83. The van der Waals surface area contributed by atoms with Crippen molar-refractivity contribution < 1.29 is 63.0 Å². The molecule has 58 heavy (non-hydrogen) atoms. The largest absolute Gasteiger partial charge is 0.481 e.